The number of carboxylic acids is 1. The molecule has 0 bridgehead atoms. The molecule has 1 rings (SSSR count). The van der Waals surface area contributed by atoms with E-state index >= 15 is 0 Å². The van der Waals surface area contributed by atoms with Crippen LogP contribution in [0.3, 0.4) is 0 Å². The van der Waals surface area contributed by atoms with Gasteiger partial charge in [0, 0.05) is 0 Å². The number of carboxylic acid groups (broad SMARTS) is 1. The highest BCUT2D eigenvalue weighted by atomic mass is 79.9. The number of Topliss-reactive ketones (excluding diaryl/α,β-unsaturated/α-hetero) is 1. The molecule has 82 valence electrons. The van der Waals surface area contributed by atoms with Crippen LogP contribution >= 0.6 is 17.0 Å². The van der Waals surface area contributed by atoms with Crippen LogP contribution in [0.15, 0.2) is 18.2 Å². The van der Waals surface area contributed by atoms with E-state index in [9.17, 15) is 14.0 Å². The average molecular weight is 279 g/mol. The van der Waals surface area contributed by atoms with Crippen LogP contribution in [0.1, 0.15) is 10.4 Å². The topological polar surface area (TPSA) is 63.6 Å². The quantitative estimate of drug-likeness (QED) is 0.675. The fraction of sp³-hybridized carbons (Fsp3) is 0.111. The van der Waals surface area contributed by atoms with E-state index in [4.69, 9.17) is 5.11 Å². The number of rotatable bonds is 3. The number of hydrogen-bond acceptors (Lipinski definition) is 3. The van der Waals surface area contributed by atoms with Gasteiger partial charge in [-0.25, -0.2) is 9.18 Å². The van der Waals surface area contributed by atoms with Crippen LogP contribution in [-0.2, 0) is 4.79 Å². The third-order valence-corrected chi connectivity index (χ3v) is 1.61. The molecule has 0 aliphatic rings. The van der Waals surface area contributed by atoms with Crippen LogP contribution in [0, 0.1) is 5.82 Å². The molecule has 0 aliphatic carbocycles. The highest BCUT2D eigenvalue weighted by Gasteiger charge is 2.21. The normalized spacial score (nSPS) is 8.93. The van der Waals surface area contributed by atoms with Crippen molar-refractivity contribution in [3.8, 4) is 5.75 Å². The number of ether oxygens (including phenoxy) is 1. The van der Waals surface area contributed by atoms with Gasteiger partial charge in [0.25, 0.3) is 5.78 Å². The molecule has 0 aliphatic heterocycles. The molecule has 1 aromatic carbocycles. The van der Waals surface area contributed by atoms with Gasteiger partial charge in [0.05, 0.1) is 12.7 Å². The van der Waals surface area contributed by atoms with Crippen molar-refractivity contribution < 1.29 is 23.8 Å². The van der Waals surface area contributed by atoms with Crippen molar-refractivity contribution in [1.29, 1.82) is 0 Å². The first kappa shape index (κ1) is 13.6. The van der Waals surface area contributed by atoms with E-state index < -0.39 is 17.6 Å². The second-order valence-electron chi connectivity index (χ2n) is 2.45. The number of carbonyl (C=O) groups is 2. The molecule has 1 N–H and O–H groups in total. The summed E-state index contributed by atoms with van der Waals surface area (Å²) in [6.07, 6.45) is 0. The summed E-state index contributed by atoms with van der Waals surface area (Å²) in [7, 11) is 1.16. The van der Waals surface area contributed by atoms with E-state index in [0.29, 0.717) is 0 Å². The van der Waals surface area contributed by atoms with Crippen molar-refractivity contribution in [2.24, 2.45) is 0 Å². The second kappa shape index (κ2) is 5.45. The van der Waals surface area contributed by atoms with Crippen molar-refractivity contribution >= 4 is 28.7 Å². The minimum absolute atomic E-state index is 0. The summed E-state index contributed by atoms with van der Waals surface area (Å²) < 4.78 is 17.6. The van der Waals surface area contributed by atoms with E-state index in [1.807, 2.05) is 0 Å². The molecule has 0 spiro atoms. The Kier molecular flexibility index (Phi) is 4.93. The first-order valence-corrected chi connectivity index (χ1v) is 3.68. The predicted molar refractivity (Wildman–Crippen MR) is 55.2 cm³/mol. The van der Waals surface area contributed by atoms with Crippen LogP contribution in [0.5, 0.6) is 5.75 Å². The number of methoxy groups -OCH3 is 1. The zero-order valence-electron chi connectivity index (χ0n) is 7.69. The summed E-state index contributed by atoms with van der Waals surface area (Å²) in [6, 6.07) is 3.52. The zero-order valence-corrected chi connectivity index (χ0v) is 9.40. The Labute approximate surface area is 95.4 Å². The summed E-state index contributed by atoms with van der Waals surface area (Å²) in [6.45, 7) is 0. The standard InChI is InChI=1S/C9H7FO4.BrH/c1-14-8-5(7(11)9(12)13)3-2-4-6(8)10;/h2-4H,1H3,(H,12,13);1H. The van der Waals surface area contributed by atoms with Crippen LogP contribution in [0.2, 0.25) is 0 Å². The maximum Gasteiger partial charge on any atom is 0.377 e. The lowest BCUT2D eigenvalue weighted by Gasteiger charge is -2.05. The smallest absolute Gasteiger partial charge is 0.377 e. The monoisotopic (exact) mass is 278 g/mol. The van der Waals surface area contributed by atoms with Crippen LogP contribution in [0.25, 0.3) is 0 Å². The van der Waals surface area contributed by atoms with Gasteiger partial charge in [-0.05, 0) is 12.1 Å². The molecule has 0 radical (unpaired) electrons. The van der Waals surface area contributed by atoms with E-state index in [2.05, 4.69) is 4.74 Å². The van der Waals surface area contributed by atoms with Gasteiger partial charge in [0.2, 0.25) is 0 Å². The molecule has 15 heavy (non-hydrogen) atoms. The van der Waals surface area contributed by atoms with Crippen LogP contribution in [0.4, 0.5) is 4.39 Å². The van der Waals surface area contributed by atoms with Crippen molar-refractivity contribution in [3.05, 3.63) is 29.6 Å². The van der Waals surface area contributed by atoms with Crippen LogP contribution in [-0.4, -0.2) is 24.0 Å². The number of halogens is 2. The molecule has 0 amide bonds. The molecule has 0 saturated heterocycles. The van der Waals surface area contributed by atoms with Gasteiger partial charge in [-0.2, -0.15) is 0 Å². The maximum atomic E-state index is 13.0. The molecule has 0 heterocycles. The van der Waals surface area contributed by atoms with Crippen molar-refractivity contribution in [1.82, 2.24) is 0 Å². The van der Waals surface area contributed by atoms with Crippen molar-refractivity contribution in [2.75, 3.05) is 7.11 Å². The van der Waals surface area contributed by atoms with Crippen molar-refractivity contribution in [3.63, 3.8) is 0 Å². The number of aliphatic carboxylic acids is 1. The molecule has 4 nitrogen and oxygen atoms in total. The van der Waals surface area contributed by atoms with Gasteiger partial charge in [-0.15, -0.1) is 17.0 Å². The van der Waals surface area contributed by atoms with Gasteiger partial charge >= 0.3 is 5.97 Å². The molecule has 0 aromatic heterocycles. The lowest BCUT2D eigenvalue weighted by Crippen LogP contribution is -2.14. The lowest BCUT2D eigenvalue weighted by molar-refractivity contribution is -0.131. The molecular formula is C9H8BrFO4. The molecule has 0 unspecified atom stereocenters. The Morgan fingerprint density at radius 3 is 2.47 bits per heavy atom. The van der Waals surface area contributed by atoms with Gasteiger partial charge in [-0.3, -0.25) is 4.79 Å². The molecule has 6 heteroatoms. The first-order chi connectivity index (χ1) is 6.57. The highest BCUT2D eigenvalue weighted by Crippen LogP contribution is 2.22. The molecule has 1 aromatic rings. The third kappa shape index (κ3) is 2.76. The number of benzene rings is 1. The predicted octanol–water partition coefficient (Wildman–Crippen LogP) is 1.68. The van der Waals surface area contributed by atoms with E-state index in [-0.39, 0.29) is 28.3 Å². The Morgan fingerprint density at radius 2 is 2.00 bits per heavy atom. The Morgan fingerprint density at radius 1 is 1.40 bits per heavy atom. The molecule has 0 atom stereocenters. The van der Waals surface area contributed by atoms with Crippen molar-refractivity contribution in [2.45, 2.75) is 0 Å². The SMILES string of the molecule is Br.COc1c(F)cccc1C(=O)C(=O)O. The minimum Gasteiger partial charge on any atom is -0.493 e. The largest absolute Gasteiger partial charge is 0.493 e. The third-order valence-electron chi connectivity index (χ3n) is 1.61. The van der Waals surface area contributed by atoms with E-state index in [1.165, 1.54) is 12.1 Å². The van der Waals surface area contributed by atoms with Gasteiger partial charge in [0.1, 0.15) is 0 Å². The Balaban J connectivity index is 0.00000196. The van der Waals surface area contributed by atoms with E-state index in [0.717, 1.165) is 13.2 Å². The van der Waals surface area contributed by atoms with E-state index in [1.54, 1.807) is 0 Å². The average Bonchev–Trinajstić information content (AvgIpc) is 2.16. The summed E-state index contributed by atoms with van der Waals surface area (Å²) in [5.74, 6) is -3.95. The maximum absolute atomic E-state index is 13.0. The lowest BCUT2D eigenvalue weighted by atomic mass is 10.1. The fourth-order valence-corrected chi connectivity index (χ4v) is 1.01. The fourth-order valence-electron chi connectivity index (χ4n) is 1.01. The summed E-state index contributed by atoms with van der Waals surface area (Å²) in [4.78, 5) is 21.4. The number of ketones is 1. The Hall–Kier alpha value is -1.43. The summed E-state index contributed by atoms with van der Waals surface area (Å²) in [5, 5.41) is 8.42. The number of carbonyl (C=O) groups excluding carboxylic acids is 1. The summed E-state index contributed by atoms with van der Waals surface area (Å²) in [5.41, 5.74) is -0.292. The molecule has 0 fully saturated rings. The van der Waals surface area contributed by atoms with Gasteiger partial charge in [0.15, 0.2) is 11.6 Å². The molecular weight excluding hydrogens is 271 g/mol. The molecule has 0 saturated carbocycles. The van der Waals surface area contributed by atoms with Gasteiger partial charge in [-0.1, -0.05) is 6.07 Å². The number of para-hydroxylation sites is 1. The first-order valence-electron chi connectivity index (χ1n) is 3.68. The van der Waals surface area contributed by atoms with Gasteiger partial charge < -0.3 is 9.84 Å². The van der Waals surface area contributed by atoms with Crippen LogP contribution < -0.4 is 4.74 Å². The zero-order chi connectivity index (χ0) is 10.7. The number of hydrogen-bond donors (Lipinski definition) is 1. The highest BCUT2D eigenvalue weighted by molar-refractivity contribution is 8.93. The Bertz CT molecular complexity index is 392. The summed E-state index contributed by atoms with van der Waals surface area (Å²) >= 11 is 0. The second-order valence-corrected chi connectivity index (χ2v) is 2.45. The minimum atomic E-state index is -1.64.